The highest BCUT2D eigenvalue weighted by molar-refractivity contribution is 7.07. The SMILES string of the molecule is CC(C)(C)[Si](c1ccccc1)(c1ccccc1)C(O)[C@H]1O[C@@H](n2cnc3c(=O)[nH]c(N)nc32)[C@H](OCCO)[C@@]1(O)[Si](c1ccccc1)(c1ccccc1)C(C)(C)C. The van der Waals surface area contributed by atoms with E-state index in [2.05, 4.69) is 105 Å². The fraction of sp³-hybridized carbons (Fsp3) is 0.341. The molecule has 4 aromatic carbocycles. The van der Waals surface area contributed by atoms with Crippen LogP contribution < -0.4 is 32.0 Å². The summed E-state index contributed by atoms with van der Waals surface area (Å²) in [5.74, 6) is -0.119. The number of benzene rings is 4. The van der Waals surface area contributed by atoms with Crippen LogP contribution in [0.3, 0.4) is 0 Å². The Morgan fingerprint density at radius 3 is 1.74 bits per heavy atom. The zero-order chi connectivity index (χ0) is 40.8. The molecule has 0 amide bonds. The molecule has 1 saturated heterocycles. The molecule has 57 heavy (non-hydrogen) atoms. The van der Waals surface area contributed by atoms with E-state index in [1.165, 1.54) is 6.33 Å². The normalized spacial score (nSPS) is 21.2. The number of hydrogen-bond acceptors (Lipinski definition) is 9. The zero-order valence-corrected chi connectivity index (χ0v) is 35.3. The number of hydrogen-bond donors (Lipinski definition) is 5. The molecule has 1 aliphatic heterocycles. The number of nitrogens with two attached hydrogens (primary N) is 1. The standard InChI is InChI=1S/C44H53N5O6Si2/c1-42(2,3)56(30-19-11-7-12-20-30,31-21-13-8-14-22-31)40(52)36-44(53,57(43(4,5)6,32-23-15-9-16-24-32)33-25-17-10-18-26-33)35(54-28-27-50)39(55-36)49-29-46-34-37(49)47-41(45)48-38(34)51/h7-26,29,35-36,39-40,50,52-53H,27-28H2,1-6H3,(H3,45,47,48,51)/t35-,36+,39+,40?,44+/m0/s1. The number of aliphatic hydroxyl groups excluding tert-OH is 2. The van der Waals surface area contributed by atoms with Crippen molar-refractivity contribution in [2.75, 3.05) is 18.9 Å². The molecule has 0 aliphatic carbocycles. The second-order valence-electron chi connectivity index (χ2n) is 17.0. The monoisotopic (exact) mass is 803 g/mol. The van der Waals surface area contributed by atoms with Crippen LogP contribution in [-0.4, -0.2) is 87.4 Å². The van der Waals surface area contributed by atoms with Crippen molar-refractivity contribution >= 4 is 54.0 Å². The first-order valence-corrected chi connectivity index (χ1v) is 23.5. The van der Waals surface area contributed by atoms with Crippen LogP contribution in [-0.2, 0) is 9.47 Å². The Bertz CT molecular complexity index is 2270. The van der Waals surface area contributed by atoms with Gasteiger partial charge in [-0.2, -0.15) is 4.98 Å². The maximum Gasteiger partial charge on any atom is 0.280 e. The topological polar surface area (TPSA) is 169 Å². The fourth-order valence-electron chi connectivity index (χ4n) is 10.1. The van der Waals surface area contributed by atoms with Crippen molar-refractivity contribution in [3.63, 3.8) is 0 Å². The summed E-state index contributed by atoms with van der Waals surface area (Å²) >= 11 is 0. The van der Waals surface area contributed by atoms with E-state index in [1.54, 1.807) is 4.57 Å². The minimum absolute atomic E-state index is 0.0266. The number of aromatic nitrogens is 4. The molecule has 13 heteroatoms. The second kappa shape index (κ2) is 15.2. The summed E-state index contributed by atoms with van der Waals surface area (Å²) in [6.45, 7) is 12.3. The van der Waals surface area contributed by atoms with Crippen molar-refractivity contribution in [1.82, 2.24) is 19.5 Å². The van der Waals surface area contributed by atoms with E-state index in [-0.39, 0.29) is 30.3 Å². The molecule has 2 aromatic heterocycles. The third kappa shape index (κ3) is 6.23. The number of nitrogens with zero attached hydrogens (tertiary/aromatic N) is 3. The number of H-pyrrole nitrogens is 1. The number of anilines is 1. The van der Waals surface area contributed by atoms with Gasteiger partial charge >= 0.3 is 0 Å². The summed E-state index contributed by atoms with van der Waals surface area (Å²) in [5, 5.41) is 39.8. The summed E-state index contributed by atoms with van der Waals surface area (Å²) in [6, 6.07) is 40.2. The first-order chi connectivity index (χ1) is 27.2. The van der Waals surface area contributed by atoms with E-state index in [0.717, 1.165) is 20.7 Å². The van der Waals surface area contributed by atoms with E-state index < -0.39 is 61.2 Å². The maximum absolute atomic E-state index is 14.9. The van der Waals surface area contributed by atoms with Crippen LogP contribution >= 0.6 is 0 Å². The Morgan fingerprint density at radius 1 is 0.825 bits per heavy atom. The van der Waals surface area contributed by atoms with E-state index in [9.17, 15) is 20.1 Å². The van der Waals surface area contributed by atoms with Crippen molar-refractivity contribution < 1.29 is 24.8 Å². The average molecular weight is 804 g/mol. The molecule has 0 spiro atoms. The number of nitrogen functional groups attached to an aromatic ring is 1. The molecular formula is C44H53N5O6Si2. The van der Waals surface area contributed by atoms with Gasteiger partial charge < -0.3 is 30.5 Å². The summed E-state index contributed by atoms with van der Waals surface area (Å²) < 4.78 is 15.7. The molecule has 3 heterocycles. The van der Waals surface area contributed by atoms with E-state index in [0.29, 0.717) is 0 Å². The molecule has 0 radical (unpaired) electrons. The lowest BCUT2D eigenvalue weighted by Gasteiger charge is -2.58. The highest BCUT2D eigenvalue weighted by Gasteiger charge is 2.76. The summed E-state index contributed by atoms with van der Waals surface area (Å²) in [4.78, 5) is 24.6. The number of aliphatic hydroxyl groups is 3. The number of rotatable bonds is 11. The molecule has 1 aliphatic rings. The molecule has 7 rings (SSSR count). The molecule has 1 fully saturated rings. The zero-order valence-electron chi connectivity index (χ0n) is 33.3. The van der Waals surface area contributed by atoms with Crippen molar-refractivity contribution in [2.45, 2.75) is 81.0 Å². The lowest BCUT2D eigenvalue weighted by atomic mass is 10.1. The fourth-order valence-corrected chi connectivity index (χ4v) is 23.0. The molecule has 298 valence electrons. The van der Waals surface area contributed by atoms with Crippen LogP contribution in [0.4, 0.5) is 5.95 Å². The van der Waals surface area contributed by atoms with Gasteiger partial charge in [0.25, 0.3) is 5.56 Å². The van der Waals surface area contributed by atoms with Gasteiger partial charge in [-0.05, 0) is 10.1 Å². The molecule has 6 aromatic rings. The van der Waals surface area contributed by atoms with E-state index in [1.807, 2.05) is 72.8 Å². The van der Waals surface area contributed by atoms with Gasteiger partial charge in [0.15, 0.2) is 33.5 Å². The largest absolute Gasteiger partial charge is 0.394 e. The Kier molecular flexibility index (Phi) is 10.8. The summed E-state index contributed by atoms with van der Waals surface area (Å²) in [7, 11) is -7.34. The number of ether oxygens (including phenoxy) is 2. The van der Waals surface area contributed by atoms with Crippen LogP contribution in [0.5, 0.6) is 0 Å². The minimum Gasteiger partial charge on any atom is -0.394 e. The van der Waals surface area contributed by atoms with E-state index in [4.69, 9.17) is 15.2 Å². The van der Waals surface area contributed by atoms with Crippen molar-refractivity contribution in [3.05, 3.63) is 138 Å². The molecule has 0 bridgehead atoms. The molecule has 6 N–H and O–H groups in total. The van der Waals surface area contributed by atoms with Gasteiger partial charge in [-0.25, -0.2) is 4.98 Å². The summed E-state index contributed by atoms with van der Waals surface area (Å²) in [5.41, 5.74) is 4.43. The third-order valence-corrected chi connectivity index (χ3v) is 24.5. The molecule has 5 atom stereocenters. The van der Waals surface area contributed by atoms with Gasteiger partial charge in [-0.15, -0.1) is 0 Å². The van der Waals surface area contributed by atoms with Crippen molar-refractivity contribution in [3.8, 4) is 0 Å². The Balaban J connectivity index is 1.65. The van der Waals surface area contributed by atoms with Crippen LogP contribution in [0, 0.1) is 0 Å². The molecule has 0 saturated carbocycles. The highest BCUT2D eigenvalue weighted by atomic mass is 28.3. The second-order valence-corrected chi connectivity index (χ2v) is 26.8. The van der Waals surface area contributed by atoms with Crippen LogP contribution in [0.15, 0.2) is 132 Å². The molecule has 11 nitrogen and oxygen atoms in total. The lowest BCUT2D eigenvalue weighted by Crippen LogP contribution is -2.86. The first-order valence-electron chi connectivity index (χ1n) is 19.4. The van der Waals surface area contributed by atoms with Gasteiger partial charge in [0.05, 0.1) is 25.3 Å². The van der Waals surface area contributed by atoms with Gasteiger partial charge in [-0.3, -0.25) is 14.3 Å². The molecule has 1 unspecified atom stereocenters. The van der Waals surface area contributed by atoms with Crippen molar-refractivity contribution in [1.29, 1.82) is 0 Å². The summed E-state index contributed by atoms with van der Waals surface area (Å²) in [6.07, 6.45) is -2.32. The predicted octanol–water partition coefficient (Wildman–Crippen LogP) is 3.27. The third-order valence-electron chi connectivity index (χ3n) is 12.0. The first kappa shape index (κ1) is 40.5. The Morgan fingerprint density at radius 2 is 1.30 bits per heavy atom. The Labute approximate surface area is 335 Å². The number of fused-ring (bicyclic) bond motifs is 1. The Hall–Kier alpha value is -4.74. The van der Waals surface area contributed by atoms with Crippen LogP contribution in [0.1, 0.15) is 47.8 Å². The number of imidazole rings is 1. The van der Waals surface area contributed by atoms with Gasteiger partial charge in [-0.1, -0.05) is 184 Å². The quantitative estimate of drug-likeness (QED) is 0.124. The molecular weight excluding hydrogens is 751 g/mol. The lowest BCUT2D eigenvalue weighted by molar-refractivity contribution is -0.0839. The van der Waals surface area contributed by atoms with Gasteiger partial charge in [0, 0.05) is 0 Å². The van der Waals surface area contributed by atoms with E-state index >= 15 is 0 Å². The number of aromatic amines is 1. The van der Waals surface area contributed by atoms with Crippen LogP contribution in [0.25, 0.3) is 11.2 Å². The minimum atomic E-state index is -3.82. The average Bonchev–Trinajstić information content (AvgIpc) is 3.73. The highest BCUT2D eigenvalue weighted by Crippen LogP contribution is 2.55. The van der Waals surface area contributed by atoms with Gasteiger partial charge in [0.2, 0.25) is 5.95 Å². The predicted molar refractivity (Wildman–Crippen MR) is 229 cm³/mol. The number of nitrogens with one attached hydrogen (secondary N) is 1. The maximum atomic E-state index is 14.9. The smallest absolute Gasteiger partial charge is 0.280 e. The van der Waals surface area contributed by atoms with Crippen LogP contribution in [0.2, 0.25) is 10.1 Å². The van der Waals surface area contributed by atoms with Crippen molar-refractivity contribution in [2.24, 2.45) is 0 Å². The van der Waals surface area contributed by atoms with Gasteiger partial charge in [0.1, 0.15) is 17.4 Å².